The summed E-state index contributed by atoms with van der Waals surface area (Å²) in [7, 11) is 0. The highest BCUT2D eigenvalue weighted by Gasteiger charge is 2.40. The van der Waals surface area contributed by atoms with Crippen molar-refractivity contribution in [1.82, 2.24) is 24.9 Å². The molecule has 0 atom stereocenters. The van der Waals surface area contributed by atoms with Crippen molar-refractivity contribution in [3.8, 4) is 11.5 Å². The maximum atomic E-state index is 13.1. The molecular weight excluding hydrogens is 468 g/mol. The van der Waals surface area contributed by atoms with Gasteiger partial charge in [0.15, 0.2) is 5.69 Å². The number of carbonyl (C=O) groups excluding carboxylic acids is 1. The van der Waals surface area contributed by atoms with E-state index >= 15 is 0 Å². The van der Waals surface area contributed by atoms with E-state index in [0.717, 1.165) is 48.4 Å². The number of oxazole rings is 1. The summed E-state index contributed by atoms with van der Waals surface area (Å²) >= 11 is 0. The molecule has 0 unspecified atom stereocenters. The third-order valence-corrected chi connectivity index (χ3v) is 7.87. The van der Waals surface area contributed by atoms with Gasteiger partial charge in [0.2, 0.25) is 5.89 Å². The van der Waals surface area contributed by atoms with Gasteiger partial charge in [0.05, 0.1) is 22.5 Å². The first-order valence-electron chi connectivity index (χ1n) is 12.9. The molecule has 1 aliphatic carbocycles. The molecule has 1 amide bonds. The van der Waals surface area contributed by atoms with Gasteiger partial charge < -0.3 is 20.2 Å². The molecule has 37 heavy (non-hydrogen) atoms. The van der Waals surface area contributed by atoms with E-state index in [1.165, 1.54) is 19.1 Å². The van der Waals surface area contributed by atoms with Crippen LogP contribution in [-0.2, 0) is 5.60 Å². The molecule has 2 fully saturated rings. The zero-order valence-electron chi connectivity index (χ0n) is 21.4. The number of carbonyl (C=O) groups is 1. The predicted octanol–water partition coefficient (Wildman–Crippen LogP) is 4.42. The van der Waals surface area contributed by atoms with Gasteiger partial charge in [-0.15, -0.1) is 0 Å². The number of fused-ring (bicyclic) bond motifs is 1. The summed E-state index contributed by atoms with van der Waals surface area (Å²) in [4.78, 5) is 21.7. The molecule has 1 aliphatic heterocycles. The van der Waals surface area contributed by atoms with Crippen molar-refractivity contribution >= 4 is 17.1 Å². The Hall–Kier alpha value is -3.56. The zero-order valence-corrected chi connectivity index (χ0v) is 21.4. The Morgan fingerprint density at radius 3 is 2.70 bits per heavy atom. The molecule has 2 aliphatic rings. The number of nitrogens with one attached hydrogen (secondary N) is 2. The van der Waals surface area contributed by atoms with Gasteiger partial charge in [-0.05, 0) is 76.1 Å². The highest BCUT2D eigenvalue weighted by molar-refractivity contribution is 6.03. The Kier molecular flexibility index (Phi) is 5.65. The van der Waals surface area contributed by atoms with Crippen LogP contribution in [0.15, 0.2) is 47.3 Å². The van der Waals surface area contributed by atoms with Crippen molar-refractivity contribution < 1.29 is 14.3 Å². The molecular formula is C28H32N6O3. The molecule has 1 spiro atoms. The fraction of sp³-hybridized carbons (Fsp3) is 0.429. The van der Waals surface area contributed by atoms with Crippen LogP contribution in [0.1, 0.15) is 72.9 Å². The SMILES string of the molecule is Cc1cc(-c2nc(C(=O)Nc3cc4cc(C5CCC6(CC5)CNC6)nn4cc3C(C)(C)O)co2)ccn1. The number of hydrogen-bond donors (Lipinski definition) is 3. The second-order valence-corrected chi connectivity index (χ2v) is 11.2. The van der Waals surface area contributed by atoms with Crippen LogP contribution in [0.2, 0.25) is 0 Å². The molecule has 9 heteroatoms. The van der Waals surface area contributed by atoms with Gasteiger partial charge in [0.1, 0.15) is 6.26 Å². The van der Waals surface area contributed by atoms with Gasteiger partial charge in [-0.3, -0.25) is 9.78 Å². The topological polar surface area (TPSA) is 118 Å². The number of amides is 1. The Bertz CT molecular complexity index is 1470. The number of pyridine rings is 2. The van der Waals surface area contributed by atoms with Crippen LogP contribution < -0.4 is 10.6 Å². The second-order valence-electron chi connectivity index (χ2n) is 11.2. The Morgan fingerprint density at radius 2 is 2.03 bits per heavy atom. The highest BCUT2D eigenvalue weighted by Crippen LogP contribution is 2.45. The molecule has 9 nitrogen and oxygen atoms in total. The molecule has 6 rings (SSSR count). The zero-order chi connectivity index (χ0) is 25.8. The number of hydrogen-bond acceptors (Lipinski definition) is 7. The normalized spacial score (nSPS) is 17.7. The van der Waals surface area contributed by atoms with E-state index in [-0.39, 0.29) is 5.69 Å². The van der Waals surface area contributed by atoms with Gasteiger partial charge in [0.25, 0.3) is 5.91 Å². The van der Waals surface area contributed by atoms with Gasteiger partial charge in [-0.1, -0.05) is 0 Å². The van der Waals surface area contributed by atoms with E-state index in [4.69, 9.17) is 9.52 Å². The lowest BCUT2D eigenvalue weighted by atomic mass is 9.66. The standard InChI is InChI=1S/C28H32N6O3/c1-17-10-19(6-9-30-17)26-32-24(14-37-26)25(35)31-23-12-20-11-22(33-34(20)13-21(23)27(2,3)36)18-4-7-28(8-5-18)15-29-16-28/h6,9-14,18,29,36H,4-5,7-8,15-16H2,1-3H3,(H,31,35). The number of aryl methyl sites for hydroxylation is 1. The summed E-state index contributed by atoms with van der Waals surface area (Å²) in [5.74, 6) is 0.364. The minimum atomic E-state index is -1.19. The van der Waals surface area contributed by atoms with E-state index in [9.17, 15) is 9.90 Å². The molecule has 0 radical (unpaired) electrons. The summed E-state index contributed by atoms with van der Waals surface area (Å²) < 4.78 is 7.38. The first-order valence-corrected chi connectivity index (χ1v) is 12.9. The molecule has 4 aromatic heterocycles. The van der Waals surface area contributed by atoms with Crippen molar-refractivity contribution in [2.45, 2.75) is 58.0 Å². The third-order valence-electron chi connectivity index (χ3n) is 7.87. The number of aromatic nitrogens is 4. The van der Waals surface area contributed by atoms with E-state index in [1.54, 1.807) is 26.1 Å². The fourth-order valence-electron chi connectivity index (χ4n) is 5.58. The molecule has 4 aromatic rings. The maximum Gasteiger partial charge on any atom is 0.277 e. The first-order chi connectivity index (χ1) is 17.7. The van der Waals surface area contributed by atoms with Crippen molar-refractivity contribution in [3.05, 3.63) is 65.6 Å². The van der Waals surface area contributed by atoms with Crippen LogP contribution in [0.25, 0.3) is 17.0 Å². The fourth-order valence-corrected chi connectivity index (χ4v) is 5.58. The average molecular weight is 501 g/mol. The van der Waals surface area contributed by atoms with Crippen molar-refractivity contribution in [2.24, 2.45) is 5.41 Å². The molecule has 0 aromatic carbocycles. The van der Waals surface area contributed by atoms with Crippen molar-refractivity contribution in [1.29, 1.82) is 0 Å². The quantitative estimate of drug-likeness (QED) is 0.371. The minimum Gasteiger partial charge on any atom is -0.444 e. The lowest BCUT2D eigenvalue weighted by molar-refractivity contribution is 0.0787. The molecule has 192 valence electrons. The number of aliphatic hydroxyl groups is 1. The second kappa shape index (κ2) is 8.78. The highest BCUT2D eigenvalue weighted by atomic mass is 16.3. The van der Waals surface area contributed by atoms with Gasteiger partial charge in [-0.2, -0.15) is 5.10 Å². The third kappa shape index (κ3) is 4.53. The number of anilines is 1. The Labute approximate surface area is 215 Å². The summed E-state index contributed by atoms with van der Waals surface area (Å²) in [6.07, 6.45) is 9.56. The van der Waals surface area contributed by atoms with Gasteiger partial charge in [-0.25, -0.2) is 9.50 Å². The largest absolute Gasteiger partial charge is 0.444 e. The van der Waals surface area contributed by atoms with Crippen LogP contribution in [0.4, 0.5) is 5.69 Å². The number of nitrogens with zero attached hydrogens (tertiary/aromatic N) is 4. The lowest BCUT2D eigenvalue weighted by Gasteiger charge is -2.47. The van der Waals surface area contributed by atoms with Crippen molar-refractivity contribution in [3.63, 3.8) is 0 Å². The molecule has 0 bridgehead atoms. The molecule has 3 N–H and O–H groups in total. The summed E-state index contributed by atoms with van der Waals surface area (Å²) in [5.41, 5.74) is 4.07. The Balaban J connectivity index is 1.26. The predicted molar refractivity (Wildman–Crippen MR) is 139 cm³/mol. The molecule has 1 saturated carbocycles. The Morgan fingerprint density at radius 1 is 1.24 bits per heavy atom. The summed E-state index contributed by atoms with van der Waals surface area (Å²) in [5, 5.41) is 22.1. The van der Waals surface area contributed by atoms with E-state index in [1.807, 2.05) is 29.8 Å². The van der Waals surface area contributed by atoms with E-state index in [0.29, 0.717) is 28.5 Å². The minimum absolute atomic E-state index is 0.154. The van der Waals surface area contributed by atoms with E-state index in [2.05, 4.69) is 26.7 Å². The van der Waals surface area contributed by atoms with Crippen LogP contribution in [0, 0.1) is 12.3 Å². The smallest absolute Gasteiger partial charge is 0.277 e. The van der Waals surface area contributed by atoms with Crippen LogP contribution in [-0.4, -0.2) is 43.7 Å². The first kappa shape index (κ1) is 23.8. The van der Waals surface area contributed by atoms with Crippen molar-refractivity contribution in [2.75, 3.05) is 18.4 Å². The summed E-state index contributed by atoms with van der Waals surface area (Å²) in [6.45, 7) is 7.55. The van der Waals surface area contributed by atoms with Gasteiger partial charge >= 0.3 is 0 Å². The maximum absolute atomic E-state index is 13.1. The summed E-state index contributed by atoms with van der Waals surface area (Å²) in [6, 6.07) is 7.61. The number of rotatable bonds is 5. The van der Waals surface area contributed by atoms with Crippen LogP contribution in [0.3, 0.4) is 0 Å². The monoisotopic (exact) mass is 500 g/mol. The lowest BCUT2D eigenvalue weighted by Crippen LogP contribution is -2.54. The molecule has 1 saturated heterocycles. The van der Waals surface area contributed by atoms with Crippen LogP contribution >= 0.6 is 0 Å². The van der Waals surface area contributed by atoms with Crippen LogP contribution in [0.5, 0.6) is 0 Å². The molecule has 5 heterocycles. The van der Waals surface area contributed by atoms with E-state index < -0.39 is 11.5 Å². The average Bonchev–Trinajstić information content (AvgIpc) is 3.49. The van der Waals surface area contributed by atoms with Gasteiger partial charge in [0, 0.05) is 48.2 Å².